The van der Waals surface area contributed by atoms with Crippen LogP contribution in [0.15, 0.2) is 48.7 Å². The van der Waals surface area contributed by atoms with E-state index in [1.165, 1.54) is 18.2 Å². The summed E-state index contributed by atoms with van der Waals surface area (Å²) in [7, 11) is 0. The van der Waals surface area contributed by atoms with E-state index >= 15 is 0 Å². The topological polar surface area (TPSA) is 97.0 Å². The number of hydrogen-bond acceptors (Lipinski definition) is 6. The van der Waals surface area contributed by atoms with Crippen molar-refractivity contribution in [1.29, 1.82) is 0 Å². The molecule has 196 valence electrons. The first-order valence-corrected chi connectivity index (χ1v) is 12.8. The van der Waals surface area contributed by atoms with E-state index in [1.54, 1.807) is 10.9 Å². The van der Waals surface area contributed by atoms with Crippen molar-refractivity contribution in [3.63, 3.8) is 0 Å². The fraction of sp³-hybridized carbons (Fsp3) is 0.379. The molecule has 1 fully saturated rings. The third-order valence-electron chi connectivity index (χ3n) is 8.76. The number of nitrogens with zero attached hydrogens (tertiary/aromatic N) is 5. The Morgan fingerprint density at radius 1 is 1.08 bits per heavy atom. The fourth-order valence-corrected chi connectivity index (χ4v) is 6.72. The summed E-state index contributed by atoms with van der Waals surface area (Å²) in [6, 6.07) is 11.5. The Morgan fingerprint density at radius 2 is 1.82 bits per heavy atom. The molecule has 0 amide bonds. The highest BCUT2D eigenvalue weighted by Crippen LogP contribution is 2.69. The molecule has 38 heavy (non-hydrogen) atoms. The second kappa shape index (κ2) is 8.74. The van der Waals surface area contributed by atoms with E-state index in [1.807, 2.05) is 31.2 Å². The zero-order valence-corrected chi connectivity index (χ0v) is 21.5. The van der Waals surface area contributed by atoms with Crippen LogP contribution in [0.3, 0.4) is 0 Å². The van der Waals surface area contributed by atoms with Gasteiger partial charge in [-0.05, 0) is 67.0 Å². The van der Waals surface area contributed by atoms with Crippen molar-refractivity contribution < 1.29 is 19.0 Å². The number of aliphatic hydroxyl groups is 2. The Bertz CT molecular complexity index is 1530. The highest BCUT2D eigenvalue weighted by atomic mass is 19.1. The predicted octanol–water partition coefficient (Wildman–Crippen LogP) is 4.55. The molecule has 6 rings (SSSR count). The molecule has 2 aliphatic carbocycles. The quantitative estimate of drug-likeness (QED) is 0.390. The van der Waals surface area contributed by atoms with Crippen LogP contribution in [0, 0.1) is 24.0 Å². The number of hydrogen-bond donors (Lipinski definition) is 2. The zero-order valence-electron chi connectivity index (χ0n) is 21.5. The van der Waals surface area contributed by atoms with E-state index in [0.717, 1.165) is 46.7 Å². The van der Waals surface area contributed by atoms with Gasteiger partial charge >= 0.3 is 0 Å². The number of fused-ring (bicyclic) bond motifs is 5. The van der Waals surface area contributed by atoms with E-state index in [4.69, 9.17) is 4.98 Å². The van der Waals surface area contributed by atoms with Crippen LogP contribution in [0.25, 0.3) is 22.5 Å². The molecule has 7 nitrogen and oxygen atoms in total. The molecular weight excluding hydrogens is 488 g/mol. The number of pyridine rings is 1. The van der Waals surface area contributed by atoms with Gasteiger partial charge in [0.15, 0.2) is 0 Å². The third-order valence-corrected chi connectivity index (χ3v) is 8.76. The van der Waals surface area contributed by atoms with Gasteiger partial charge in [0.1, 0.15) is 11.6 Å². The minimum Gasteiger partial charge on any atom is -0.394 e. The highest BCUT2D eigenvalue weighted by molar-refractivity contribution is 5.65. The van der Waals surface area contributed by atoms with Crippen molar-refractivity contribution in [2.24, 2.45) is 5.41 Å². The van der Waals surface area contributed by atoms with Gasteiger partial charge in [0.05, 0.1) is 59.2 Å². The summed E-state index contributed by atoms with van der Waals surface area (Å²) in [6.45, 7) is 6.18. The first-order chi connectivity index (χ1) is 18.2. The summed E-state index contributed by atoms with van der Waals surface area (Å²) < 4.78 is 30.8. The summed E-state index contributed by atoms with van der Waals surface area (Å²) in [6.07, 6.45) is 2.58. The van der Waals surface area contributed by atoms with Gasteiger partial charge in [0, 0.05) is 11.3 Å². The lowest BCUT2D eigenvalue weighted by molar-refractivity contribution is 0.0777. The van der Waals surface area contributed by atoms with Crippen LogP contribution >= 0.6 is 0 Å². The van der Waals surface area contributed by atoms with Crippen molar-refractivity contribution >= 4 is 0 Å². The van der Waals surface area contributed by atoms with Gasteiger partial charge in [-0.2, -0.15) is 10.2 Å². The molecule has 0 saturated heterocycles. The average molecular weight is 518 g/mol. The molecule has 2 bridgehead atoms. The van der Waals surface area contributed by atoms with Crippen LogP contribution < -0.4 is 0 Å². The van der Waals surface area contributed by atoms with Gasteiger partial charge in [-0.1, -0.05) is 26.0 Å². The van der Waals surface area contributed by atoms with Gasteiger partial charge in [0.2, 0.25) is 0 Å². The van der Waals surface area contributed by atoms with Crippen LogP contribution in [0.5, 0.6) is 0 Å². The Hall–Kier alpha value is -3.56. The summed E-state index contributed by atoms with van der Waals surface area (Å²) in [4.78, 5) is 5.12. The molecule has 9 heteroatoms. The summed E-state index contributed by atoms with van der Waals surface area (Å²) >= 11 is 0. The normalized spacial score (nSPS) is 22.0. The molecule has 1 saturated carbocycles. The molecule has 0 radical (unpaired) electrons. The third kappa shape index (κ3) is 3.38. The summed E-state index contributed by atoms with van der Waals surface area (Å²) in [5, 5.41) is 32.4. The maximum Gasteiger partial charge on any atom is 0.135 e. The Kier molecular flexibility index (Phi) is 5.70. The minimum atomic E-state index is -0.896. The molecule has 3 heterocycles. The molecule has 2 N–H and O–H groups in total. The molecule has 3 atom stereocenters. The van der Waals surface area contributed by atoms with E-state index in [9.17, 15) is 19.0 Å². The molecule has 1 aromatic carbocycles. The van der Waals surface area contributed by atoms with Crippen molar-refractivity contribution in [3.05, 3.63) is 82.9 Å². The summed E-state index contributed by atoms with van der Waals surface area (Å²) in [5.74, 6) is -1.17. The predicted molar refractivity (Wildman–Crippen MR) is 137 cm³/mol. The van der Waals surface area contributed by atoms with Gasteiger partial charge in [-0.25, -0.2) is 8.78 Å². The summed E-state index contributed by atoms with van der Waals surface area (Å²) in [5.41, 5.74) is 4.41. The van der Waals surface area contributed by atoms with Crippen molar-refractivity contribution in [1.82, 2.24) is 25.0 Å². The van der Waals surface area contributed by atoms with E-state index in [0.29, 0.717) is 0 Å². The van der Waals surface area contributed by atoms with E-state index in [2.05, 4.69) is 29.1 Å². The number of rotatable bonds is 6. The number of aliphatic hydroxyl groups excluding tert-OH is 2. The molecule has 0 spiro atoms. The Labute approximate surface area is 219 Å². The smallest absolute Gasteiger partial charge is 0.135 e. The van der Waals surface area contributed by atoms with Crippen LogP contribution in [0.4, 0.5) is 8.78 Å². The van der Waals surface area contributed by atoms with E-state index < -0.39 is 23.2 Å². The lowest BCUT2D eigenvalue weighted by Crippen LogP contribution is -2.37. The number of benzene rings is 1. The van der Waals surface area contributed by atoms with Crippen molar-refractivity contribution in [3.8, 4) is 22.5 Å². The van der Waals surface area contributed by atoms with E-state index in [-0.39, 0.29) is 35.7 Å². The SMILES string of the molecule is Cc1c(-c2cccc([C@@]34CC[C@@H](c5cc(-c6c(F)cccc6F)nnc53)C4(C)C)n2)cnn1CC(O)CO. The van der Waals surface area contributed by atoms with Crippen molar-refractivity contribution in [2.75, 3.05) is 6.61 Å². The number of halogens is 2. The standard InChI is InChI=1S/C29H29F2N5O2/c1-16-19(13-32-36(16)14-17(38)15-37)23-8-5-9-25(33-23)29-11-10-20(28(29,2)3)18-12-24(34-35-27(18)29)26-21(30)6-4-7-22(26)31/h4-9,12-13,17,20,37-38H,10-11,14-15H2,1-3H3/t17?,20-,29-/m0/s1. The van der Waals surface area contributed by atoms with Gasteiger partial charge in [-0.3, -0.25) is 9.67 Å². The molecule has 0 aliphatic heterocycles. The lowest BCUT2D eigenvalue weighted by Gasteiger charge is -2.37. The van der Waals surface area contributed by atoms with Crippen LogP contribution in [0.1, 0.15) is 55.3 Å². The Balaban J connectivity index is 1.45. The van der Waals surface area contributed by atoms with Gasteiger partial charge in [0.25, 0.3) is 0 Å². The fourth-order valence-electron chi connectivity index (χ4n) is 6.72. The lowest BCUT2D eigenvalue weighted by atomic mass is 9.66. The van der Waals surface area contributed by atoms with Gasteiger partial charge < -0.3 is 10.2 Å². The zero-order chi connectivity index (χ0) is 26.8. The molecular formula is C29H29F2N5O2. The average Bonchev–Trinajstić information content (AvgIpc) is 3.46. The second-order valence-electron chi connectivity index (χ2n) is 10.9. The monoisotopic (exact) mass is 517 g/mol. The molecule has 1 unspecified atom stereocenters. The van der Waals surface area contributed by atoms with Crippen LogP contribution in [-0.4, -0.2) is 47.9 Å². The maximum atomic E-state index is 14.5. The number of aromatic nitrogens is 5. The first kappa shape index (κ1) is 24.8. The highest BCUT2D eigenvalue weighted by Gasteiger charge is 2.65. The minimum absolute atomic E-state index is 0.150. The van der Waals surface area contributed by atoms with Crippen molar-refractivity contribution in [2.45, 2.75) is 57.6 Å². The van der Waals surface area contributed by atoms with Crippen LogP contribution in [-0.2, 0) is 12.0 Å². The second-order valence-corrected chi connectivity index (χ2v) is 10.9. The molecule has 2 aliphatic rings. The molecule has 3 aromatic heterocycles. The van der Waals surface area contributed by atoms with Gasteiger partial charge in [-0.15, -0.1) is 5.10 Å². The first-order valence-electron chi connectivity index (χ1n) is 12.8. The maximum absolute atomic E-state index is 14.5. The van der Waals surface area contributed by atoms with Crippen LogP contribution in [0.2, 0.25) is 0 Å². The largest absolute Gasteiger partial charge is 0.394 e. The Morgan fingerprint density at radius 3 is 2.55 bits per heavy atom. The molecule has 4 aromatic rings.